The first-order valence-electron chi connectivity index (χ1n) is 4.63. The van der Waals surface area contributed by atoms with Gasteiger partial charge in [-0.25, -0.2) is 0 Å². The van der Waals surface area contributed by atoms with Crippen molar-refractivity contribution < 1.29 is 31.1 Å². The van der Waals surface area contributed by atoms with Crippen LogP contribution in [0.2, 0.25) is 0 Å². The van der Waals surface area contributed by atoms with Crippen LogP contribution < -0.4 is 9.79 Å². The van der Waals surface area contributed by atoms with Gasteiger partial charge in [-0.3, -0.25) is 0 Å². The zero-order chi connectivity index (χ0) is 10.4. The smallest absolute Gasteiger partial charge is 0.811 e. The third kappa shape index (κ3) is 7.77. The fraction of sp³-hybridized carbons (Fsp3) is 0.400. The molecule has 0 amide bonds. The van der Waals surface area contributed by atoms with E-state index >= 15 is 0 Å². The quantitative estimate of drug-likeness (QED) is 0.591. The van der Waals surface area contributed by atoms with E-state index in [1.807, 2.05) is 30.3 Å². The largest absolute Gasteiger partial charge is 2.00 e. The zero-order valence-corrected chi connectivity index (χ0v) is 10.2. The second-order valence-corrected chi connectivity index (χ2v) is 4.95. The van der Waals surface area contributed by atoms with Gasteiger partial charge in [0.1, 0.15) is 0 Å². The molecule has 1 rings (SSSR count). The van der Waals surface area contributed by atoms with Crippen molar-refractivity contribution in [3.63, 3.8) is 0 Å². The predicted molar refractivity (Wildman–Crippen MR) is 51.9 cm³/mol. The second-order valence-electron chi connectivity index (χ2n) is 3.28. The topological polar surface area (TPSA) is 63.2 Å². The van der Waals surface area contributed by atoms with Crippen molar-refractivity contribution in [2.24, 2.45) is 0 Å². The van der Waals surface area contributed by atoms with Gasteiger partial charge < -0.3 is 14.4 Å². The first-order valence-corrected chi connectivity index (χ1v) is 6.36. The van der Waals surface area contributed by atoms with Crippen LogP contribution >= 0.6 is 7.60 Å². The van der Waals surface area contributed by atoms with Crippen LogP contribution in [0.3, 0.4) is 0 Å². The number of rotatable bonds is 5. The van der Waals surface area contributed by atoms with Gasteiger partial charge in [-0.2, -0.15) is 0 Å². The van der Waals surface area contributed by atoms with Crippen LogP contribution in [0.25, 0.3) is 0 Å². The van der Waals surface area contributed by atoms with Gasteiger partial charge in [0, 0.05) is 0 Å². The van der Waals surface area contributed by atoms with Crippen LogP contribution in [-0.2, 0) is 27.8 Å². The van der Waals surface area contributed by atoms with Gasteiger partial charge in [-0.05, 0) is 31.0 Å². The summed E-state index contributed by atoms with van der Waals surface area (Å²) in [5.74, 6) is 0. The molecule has 0 aliphatic carbocycles. The molecule has 0 fully saturated rings. The number of hydrogen-bond acceptors (Lipinski definition) is 3. The predicted octanol–water partition coefficient (Wildman–Crippen LogP) is 0.920. The molecule has 0 atom stereocenters. The Hall–Kier alpha value is -0.124. The maximum Gasteiger partial charge on any atom is 2.00 e. The third-order valence-corrected chi connectivity index (χ3v) is 2.85. The van der Waals surface area contributed by atoms with Crippen molar-refractivity contribution >= 4 is 7.60 Å². The Morgan fingerprint density at radius 1 is 1.07 bits per heavy atom. The van der Waals surface area contributed by atoms with Gasteiger partial charge in [0.05, 0.1) is 0 Å². The van der Waals surface area contributed by atoms with Gasteiger partial charge >= 0.3 is 16.8 Å². The molecule has 0 bridgehead atoms. The molecule has 0 N–H and O–H groups in total. The van der Waals surface area contributed by atoms with Crippen molar-refractivity contribution in [1.29, 1.82) is 0 Å². The summed E-state index contributed by atoms with van der Waals surface area (Å²) < 4.78 is 10.3. The summed E-state index contributed by atoms with van der Waals surface area (Å²) >= 11 is 0. The molecule has 85 valence electrons. The first-order chi connectivity index (χ1) is 6.58. The fourth-order valence-electron chi connectivity index (χ4n) is 1.28. The second kappa shape index (κ2) is 7.20. The summed E-state index contributed by atoms with van der Waals surface area (Å²) in [4.78, 5) is 20.6. The normalized spacial score (nSPS) is 10.8. The van der Waals surface area contributed by atoms with Crippen LogP contribution in [-0.4, -0.2) is 6.16 Å². The minimum absolute atomic E-state index is 0. The van der Waals surface area contributed by atoms with Crippen molar-refractivity contribution in [2.45, 2.75) is 19.3 Å². The van der Waals surface area contributed by atoms with E-state index < -0.39 is 7.60 Å². The maximum absolute atomic E-state index is 10.3. The summed E-state index contributed by atoms with van der Waals surface area (Å²) in [5.41, 5.74) is 1.18. The Morgan fingerprint density at radius 3 is 2.20 bits per heavy atom. The Labute approximate surface area is 100 Å². The van der Waals surface area contributed by atoms with E-state index in [0.29, 0.717) is 6.42 Å². The molecule has 0 spiro atoms. The zero-order valence-electron chi connectivity index (χ0n) is 8.22. The van der Waals surface area contributed by atoms with Crippen LogP contribution in [0, 0.1) is 0 Å². The van der Waals surface area contributed by atoms with Crippen molar-refractivity contribution in [2.75, 3.05) is 6.16 Å². The third-order valence-electron chi connectivity index (χ3n) is 1.99. The average molecular weight is 271 g/mol. The SMILES string of the molecule is O=P([O-])([O-])CCCCc1ccccc1.[Co+2]. The van der Waals surface area contributed by atoms with E-state index in [1.54, 1.807) is 0 Å². The molecular weight excluding hydrogens is 258 g/mol. The van der Waals surface area contributed by atoms with Gasteiger partial charge in [-0.1, -0.05) is 37.9 Å². The number of aryl methyl sites for hydroxylation is 1. The molecule has 0 unspecified atom stereocenters. The summed E-state index contributed by atoms with van der Waals surface area (Å²) in [6.45, 7) is 0. The molecule has 0 aliphatic rings. The minimum atomic E-state index is -4.29. The van der Waals surface area contributed by atoms with Gasteiger partial charge in [0.15, 0.2) is 0 Å². The molecule has 0 saturated heterocycles. The van der Waals surface area contributed by atoms with E-state index in [1.165, 1.54) is 5.56 Å². The van der Waals surface area contributed by atoms with Gasteiger partial charge in [0.25, 0.3) is 0 Å². The summed E-state index contributed by atoms with van der Waals surface area (Å²) in [6, 6.07) is 9.82. The molecule has 0 heterocycles. The number of benzene rings is 1. The van der Waals surface area contributed by atoms with Crippen molar-refractivity contribution in [1.82, 2.24) is 0 Å². The molecule has 1 aromatic carbocycles. The molecule has 15 heavy (non-hydrogen) atoms. The molecule has 0 aliphatic heterocycles. The fourth-order valence-corrected chi connectivity index (χ4v) is 1.89. The standard InChI is InChI=1S/C10H15O3P.Co/c11-14(12,13)9-5-4-8-10-6-2-1-3-7-10;/h1-3,6-7H,4-5,8-9H2,(H2,11,12,13);/q;+2/p-2. The van der Waals surface area contributed by atoms with Gasteiger partial charge in [-0.15, -0.1) is 0 Å². The van der Waals surface area contributed by atoms with Crippen LogP contribution in [0.5, 0.6) is 0 Å². The first kappa shape index (κ1) is 14.9. The molecule has 1 aromatic rings. The van der Waals surface area contributed by atoms with E-state index in [9.17, 15) is 14.4 Å². The molecular formula is C10H13CoO3P. The Bertz CT molecular complexity index is 310. The molecule has 5 heteroatoms. The van der Waals surface area contributed by atoms with E-state index in [-0.39, 0.29) is 22.9 Å². The van der Waals surface area contributed by atoms with Gasteiger partial charge in [0.2, 0.25) is 0 Å². The number of hydrogen-bond donors (Lipinski definition) is 0. The monoisotopic (exact) mass is 271 g/mol. The average Bonchev–Trinajstić information content (AvgIpc) is 2.13. The Balaban J connectivity index is 0.00000196. The summed E-state index contributed by atoms with van der Waals surface area (Å²) in [5, 5.41) is 0. The van der Waals surface area contributed by atoms with E-state index in [4.69, 9.17) is 0 Å². The maximum atomic E-state index is 10.3. The Kier molecular flexibility index (Phi) is 7.14. The van der Waals surface area contributed by atoms with Crippen molar-refractivity contribution in [3.05, 3.63) is 35.9 Å². The summed E-state index contributed by atoms with van der Waals surface area (Å²) in [6.07, 6.45) is 1.82. The number of unbranched alkanes of at least 4 members (excludes halogenated alkanes) is 1. The van der Waals surface area contributed by atoms with Crippen LogP contribution in [0.4, 0.5) is 0 Å². The molecule has 3 nitrogen and oxygen atoms in total. The molecule has 0 saturated carbocycles. The van der Waals surface area contributed by atoms with Crippen molar-refractivity contribution in [3.8, 4) is 0 Å². The minimum Gasteiger partial charge on any atom is -0.811 e. The molecule has 1 radical (unpaired) electrons. The van der Waals surface area contributed by atoms with Crippen LogP contribution in [0.15, 0.2) is 30.3 Å². The summed E-state index contributed by atoms with van der Waals surface area (Å²) in [7, 11) is -4.29. The van der Waals surface area contributed by atoms with Crippen LogP contribution in [0.1, 0.15) is 18.4 Å². The van der Waals surface area contributed by atoms with E-state index in [2.05, 4.69) is 0 Å². The Morgan fingerprint density at radius 2 is 1.67 bits per heavy atom. The van der Waals surface area contributed by atoms with E-state index in [0.717, 1.165) is 12.8 Å². The molecule has 0 aromatic heterocycles.